The van der Waals surface area contributed by atoms with Gasteiger partial charge >= 0.3 is 0 Å². The second-order valence-electron chi connectivity index (χ2n) is 3.74. The van der Waals surface area contributed by atoms with Crippen LogP contribution in [0.15, 0.2) is 22.7 Å². The Morgan fingerprint density at radius 1 is 1.53 bits per heavy atom. The zero-order chi connectivity index (χ0) is 10.8. The lowest BCUT2D eigenvalue weighted by Crippen LogP contribution is -2.26. The van der Waals surface area contributed by atoms with E-state index in [2.05, 4.69) is 28.2 Å². The van der Waals surface area contributed by atoms with Crippen LogP contribution in [0.1, 0.15) is 13.3 Å². The molecule has 0 aliphatic carbocycles. The molecule has 82 valence electrons. The van der Waals surface area contributed by atoms with Gasteiger partial charge in [-0.1, -0.05) is 11.6 Å². The van der Waals surface area contributed by atoms with Crippen LogP contribution in [0.25, 0.3) is 0 Å². The second kappa shape index (κ2) is 4.73. The molecule has 1 aromatic rings. The molecule has 0 bridgehead atoms. The van der Waals surface area contributed by atoms with Crippen LogP contribution >= 0.6 is 27.5 Å². The third-order valence-electron chi connectivity index (χ3n) is 2.65. The van der Waals surface area contributed by atoms with Crippen molar-refractivity contribution in [1.82, 2.24) is 0 Å². The third kappa shape index (κ3) is 2.65. The predicted octanol–water partition coefficient (Wildman–Crippen LogP) is 3.69. The minimum atomic E-state index is 0.277. The summed E-state index contributed by atoms with van der Waals surface area (Å²) in [4.78, 5) is 0. The molecular weight excluding hydrogens is 277 g/mol. The minimum absolute atomic E-state index is 0.277. The Bertz CT molecular complexity index is 358. The van der Waals surface area contributed by atoms with Crippen LogP contribution in [0.5, 0.6) is 0 Å². The van der Waals surface area contributed by atoms with Gasteiger partial charge in [-0.15, -0.1) is 0 Å². The van der Waals surface area contributed by atoms with Crippen molar-refractivity contribution in [2.75, 3.05) is 11.9 Å². The van der Waals surface area contributed by atoms with Gasteiger partial charge in [-0.05, 0) is 47.5 Å². The second-order valence-corrected chi connectivity index (χ2v) is 5.01. The van der Waals surface area contributed by atoms with Gasteiger partial charge < -0.3 is 10.1 Å². The molecule has 2 nitrogen and oxygen atoms in total. The van der Waals surface area contributed by atoms with Gasteiger partial charge in [-0.2, -0.15) is 0 Å². The summed E-state index contributed by atoms with van der Waals surface area (Å²) in [7, 11) is 0. The fourth-order valence-corrected chi connectivity index (χ4v) is 2.22. The summed E-state index contributed by atoms with van der Waals surface area (Å²) in [5, 5.41) is 4.18. The van der Waals surface area contributed by atoms with Crippen LogP contribution < -0.4 is 5.32 Å². The van der Waals surface area contributed by atoms with E-state index in [1.807, 2.05) is 18.2 Å². The summed E-state index contributed by atoms with van der Waals surface area (Å²) < 4.78 is 6.41. The number of ether oxygens (including phenoxy) is 1. The Hall–Kier alpha value is -0.250. The maximum absolute atomic E-state index is 5.93. The quantitative estimate of drug-likeness (QED) is 0.897. The van der Waals surface area contributed by atoms with Crippen molar-refractivity contribution in [3.8, 4) is 0 Å². The Kier molecular flexibility index (Phi) is 3.54. The van der Waals surface area contributed by atoms with Gasteiger partial charge in [0, 0.05) is 16.8 Å². The lowest BCUT2D eigenvalue weighted by Gasteiger charge is -2.17. The molecule has 1 N–H and O–H groups in total. The fraction of sp³-hybridized carbons (Fsp3) is 0.455. The first-order valence-corrected chi connectivity index (χ1v) is 6.17. The zero-order valence-electron chi connectivity index (χ0n) is 8.47. The average Bonchev–Trinajstić information content (AvgIpc) is 2.59. The van der Waals surface area contributed by atoms with Gasteiger partial charge in [0.2, 0.25) is 0 Å². The molecule has 0 amide bonds. The Morgan fingerprint density at radius 2 is 2.33 bits per heavy atom. The topological polar surface area (TPSA) is 21.3 Å². The molecule has 4 heteroatoms. The van der Waals surface area contributed by atoms with E-state index >= 15 is 0 Å². The molecule has 2 rings (SSSR count). The summed E-state index contributed by atoms with van der Waals surface area (Å²) in [6.07, 6.45) is 1.33. The van der Waals surface area contributed by atoms with Crippen LogP contribution in [0.4, 0.5) is 5.69 Å². The number of nitrogens with one attached hydrogen (secondary N) is 1. The Morgan fingerprint density at radius 3 is 2.93 bits per heavy atom. The van der Waals surface area contributed by atoms with E-state index in [1.165, 1.54) is 0 Å². The minimum Gasteiger partial charge on any atom is -0.380 e. The molecule has 1 fully saturated rings. The first-order valence-electron chi connectivity index (χ1n) is 5.00. The highest BCUT2D eigenvalue weighted by atomic mass is 79.9. The zero-order valence-corrected chi connectivity index (χ0v) is 10.8. The highest BCUT2D eigenvalue weighted by Gasteiger charge is 2.23. The number of hydrogen-bond acceptors (Lipinski definition) is 2. The Labute approximate surface area is 103 Å². The van der Waals surface area contributed by atoms with E-state index in [0.29, 0.717) is 6.04 Å². The van der Waals surface area contributed by atoms with E-state index in [-0.39, 0.29) is 6.10 Å². The maximum atomic E-state index is 5.93. The summed E-state index contributed by atoms with van der Waals surface area (Å²) in [5.74, 6) is 0. The van der Waals surface area contributed by atoms with Gasteiger partial charge in [0.15, 0.2) is 0 Å². The molecule has 0 aromatic heterocycles. The molecule has 1 heterocycles. The van der Waals surface area contributed by atoms with Crippen LogP contribution in [-0.2, 0) is 4.74 Å². The normalized spacial score (nSPS) is 25.5. The lowest BCUT2D eigenvalue weighted by atomic mass is 10.1. The van der Waals surface area contributed by atoms with E-state index in [9.17, 15) is 0 Å². The molecule has 1 aliphatic heterocycles. The highest BCUT2D eigenvalue weighted by molar-refractivity contribution is 9.10. The highest BCUT2D eigenvalue weighted by Crippen LogP contribution is 2.27. The molecule has 0 unspecified atom stereocenters. The molecule has 1 aromatic carbocycles. The Balaban J connectivity index is 2.07. The predicted molar refractivity (Wildman–Crippen MR) is 66.6 cm³/mol. The van der Waals surface area contributed by atoms with E-state index in [0.717, 1.165) is 28.2 Å². The first-order chi connectivity index (χ1) is 7.16. The first kappa shape index (κ1) is 11.2. The maximum Gasteiger partial charge on any atom is 0.0748 e. The van der Waals surface area contributed by atoms with Crippen molar-refractivity contribution < 1.29 is 4.74 Å². The van der Waals surface area contributed by atoms with Gasteiger partial charge in [0.1, 0.15) is 0 Å². The van der Waals surface area contributed by atoms with Crippen LogP contribution in [0, 0.1) is 0 Å². The number of anilines is 1. The van der Waals surface area contributed by atoms with E-state index in [4.69, 9.17) is 16.3 Å². The summed E-state index contributed by atoms with van der Waals surface area (Å²) in [6, 6.07) is 6.26. The van der Waals surface area contributed by atoms with Gasteiger partial charge in [-0.25, -0.2) is 0 Å². The molecule has 15 heavy (non-hydrogen) atoms. The largest absolute Gasteiger partial charge is 0.380 e. The van der Waals surface area contributed by atoms with E-state index in [1.54, 1.807) is 0 Å². The summed E-state index contributed by atoms with van der Waals surface area (Å²) >= 11 is 9.33. The standard InChI is InChI=1S/C11H13BrClNO/c1-7-11(4-5-15-7)14-8-2-3-10(13)9(12)6-8/h2-3,6-7,11,14H,4-5H2,1H3/t7-,11-/m1/s1. The summed E-state index contributed by atoms with van der Waals surface area (Å²) in [6.45, 7) is 2.93. The van der Waals surface area contributed by atoms with Gasteiger partial charge in [0.25, 0.3) is 0 Å². The van der Waals surface area contributed by atoms with Crippen LogP contribution in [0.3, 0.4) is 0 Å². The number of hydrogen-bond donors (Lipinski definition) is 1. The van der Waals surface area contributed by atoms with Crippen LogP contribution in [-0.4, -0.2) is 18.8 Å². The average molecular weight is 291 g/mol. The smallest absolute Gasteiger partial charge is 0.0748 e. The SMILES string of the molecule is C[C@H]1OCC[C@H]1Nc1ccc(Cl)c(Br)c1. The number of halogens is 2. The summed E-state index contributed by atoms with van der Waals surface area (Å²) in [5.41, 5.74) is 1.08. The van der Waals surface area contributed by atoms with Crippen molar-refractivity contribution in [1.29, 1.82) is 0 Å². The van der Waals surface area contributed by atoms with Crippen molar-refractivity contribution in [3.63, 3.8) is 0 Å². The van der Waals surface area contributed by atoms with Gasteiger partial charge in [-0.3, -0.25) is 0 Å². The molecule has 2 atom stereocenters. The third-order valence-corrected chi connectivity index (χ3v) is 3.86. The van der Waals surface area contributed by atoms with E-state index < -0.39 is 0 Å². The fourth-order valence-electron chi connectivity index (χ4n) is 1.72. The molecule has 1 saturated heterocycles. The number of benzene rings is 1. The van der Waals surface area contributed by atoms with Crippen molar-refractivity contribution in [2.45, 2.75) is 25.5 Å². The molecule has 0 radical (unpaired) electrons. The monoisotopic (exact) mass is 289 g/mol. The van der Waals surface area contributed by atoms with Crippen molar-refractivity contribution in [3.05, 3.63) is 27.7 Å². The van der Waals surface area contributed by atoms with Crippen molar-refractivity contribution in [2.24, 2.45) is 0 Å². The molecular formula is C11H13BrClNO. The van der Waals surface area contributed by atoms with Gasteiger partial charge in [0.05, 0.1) is 17.2 Å². The lowest BCUT2D eigenvalue weighted by molar-refractivity contribution is 0.121. The molecule has 0 spiro atoms. The van der Waals surface area contributed by atoms with Crippen LogP contribution in [0.2, 0.25) is 5.02 Å². The molecule has 1 aliphatic rings. The van der Waals surface area contributed by atoms with Crippen molar-refractivity contribution >= 4 is 33.2 Å². The number of rotatable bonds is 2. The molecule has 0 saturated carbocycles.